The van der Waals surface area contributed by atoms with Gasteiger partial charge in [0.25, 0.3) is 0 Å². The van der Waals surface area contributed by atoms with Crippen LogP contribution in [0.5, 0.6) is 0 Å². The average Bonchev–Trinajstić information content (AvgIpc) is 2.66. The van der Waals surface area contributed by atoms with Crippen molar-refractivity contribution in [3.8, 4) is 0 Å². The topological polar surface area (TPSA) is 21.3 Å². The highest BCUT2D eigenvalue weighted by Crippen LogP contribution is 2.22. The number of ether oxygens (including phenoxy) is 1. The van der Waals surface area contributed by atoms with E-state index in [-0.39, 0.29) is 0 Å². The van der Waals surface area contributed by atoms with E-state index in [0.717, 1.165) is 19.2 Å². The van der Waals surface area contributed by atoms with Crippen LogP contribution in [0.3, 0.4) is 0 Å². The number of nitrogens with one attached hydrogen (secondary N) is 1. The van der Waals surface area contributed by atoms with Crippen molar-refractivity contribution >= 4 is 0 Å². The summed E-state index contributed by atoms with van der Waals surface area (Å²) in [7, 11) is 0. The number of hydrogen-bond donors (Lipinski definition) is 1. The predicted molar refractivity (Wildman–Crippen MR) is 65.2 cm³/mol. The molecule has 90 valence electrons. The lowest BCUT2D eigenvalue weighted by Gasteiger charge is -2.13. The molecule has 2 heteroatoms. The van der Waals surface area contributed by atoms with Gasteiger partial charge in [-0.25, -0.2) is 0 Å². The van der Waals surface area contributed by atoms with Gasteiger partial charge in [-0.05, 0) is 32.2 Å². The van der Waals surface area contributed by atoms with Crippen LogP contribution in [-0.4, -0.2) is 25.3 Å². The second kappa shape index (κ2) is 8.12. The lowest BCUT2D eigenvalue weighted by Crippen LogP contribution is -2.26. The fourth-order valence-corrected chi connectivity index (χ4v) is 2.34. The second-order valence-corrected chi connectivity index (χ2v) is 4.62. The standard InChI is InChI=1S/C13H27NO/c1-3-5-6-7-10-15-13-9-8-12(11-13)14-4-2/h12-14H,3-11H2,1-2H3. The highest BCUT2D eigenvalue weighted by molar-refractivity contribution is 4.80. The summed E-state index contributed by atoms with van der Waals surface area (Å²) < 4.78 is 5.89. The van der Waals surface area contributed by atoms with E-state index in [1.165, 1.54) is 44.9 Å². The van der Waals surface area contributed by atoms with Crippen LogP contribution < -0.4 is 5.32 Å². The molecule has 1 saturated carbocycles. The highest BCUT2D eigenvalue weighted by atomic mass is 16.5. The third-order valence-electron chi connectivity index (χ3n) is 3.23. The molecule has 0 bridgehead atoms. The maximum atomic E-state index is 5.89. The maximum Gasteiger partial charge on any atom is 0.0590 e. The molecule has 1 rings (SSSR count). The average molecular weight is 213 g/mol. The molecule has 0 amide bonds. The van der Waals surface area contributed by atoms with Gasteiger partial charge in [0.1, 0.15) is 0 Å². The van der Waals surface area contributed by atoms with Gasteiger partial charge in [-0.1, -0.05) is 33.1 Å². The molecule has 0 spiro atoms. The van der Waals surface area contributed by atoms with Gasteiger partial charge in [0.15, 0.2) is 0 Å². The molecule has 2 atom stereocenters. The molecule has 1 aliphatic rings. The summed E-state index contributed by atoms with van der Waals surface area (Å²) in [4.78, 5) is 0. The molecule has 0 aromatic heterocycles. The minimum atomic E-state index is 0.538. The smallest absolute Gasteiger partial charge is 0.0590 e. The van der Waals surface area contributed by atoms with Gasteiger partial charge in [-0.15, -0.1) is 0 Å². The minimum Gasteiger partial charge on any atom is -0.378 e. The number of rotatable bonds is 8. The van der Waals surface area contributed by atoms with Gasteiger partial charge in [0.2, 0.25) is 0 Å². The summed E-state index contributed by atoms with van der Waals surface area (Å²) in [6, 6.07) is 0.718. The van der Waals surface area contributed by atoms with E-state index in [1.807, 2.05) is 0 Å². The maximum absolute atomic E-state index is 5.89. The van der Waals surface area contributed by atoms with Crippen molar-refractivity contribution in [1.82, 2.24) is 5.32 Å². The first-order valence-electron chi connectivity index (χ1n) is 6.71. The normalized spacial score (nSPS) is 26.0. The quantitative estimate of drug-likeness (QED) is 0.626. The Balaban J connectivity index is 1.94. The summed E-state index contributed by atoms with van der Waals surface area (Å²) in [5, 5.41) is 3.51. The zero-order valence-corrected chi connectivity index (χ0v) is 10.4. The fourth-order valence-electron chi connectivity index (χ4n) is 2.34. The van der Waals surface area contributed by atoms with E-state index in [4.69, 9.17) is 4.74 Å². The molecule has 2 unspecified atom stereocenters. The van der Waals surface area contributed by atoms with Gasteiger partial charge in [-0.3, -0.25) is 0 Å². The molecule has 1 aliphatic carbocycles. The third kappa shape index (κ3) is 5.53. The third-order valence-corrected chi connectivity index (χ3v) is 3.23. The van der Waals surface area contributed by atoms with Gasteiger partial charge in [0.05, 0.1) is 6.10 Å². The van der Waals surface area contributed by atoms with Gasteiger partial charge in [0, 0.05) is 12.6 Å². The van der Waals surface area contributed by atoms with E-state index in [9.17, 15) is 0 Å². The monoisotopic (exact) mass is 213 g/mol. The van der Waals surface area contributed by atoms with Crippen molar-refractivity contribution in [3.63, 3.8) is 0 Å². The summed E-state index contributed by atoms with van der Waals surface area (Å²) in [5.74, 6) is 0. The van der Waals surface area contributed by atoms with Gasteiger partial charge < -0.3 is 10.1 Å². The Morgan fingerprint density at radius 2 is 2.00 bits per heavy atom. The fraction of sp³-hybridized carbons (Fsp3) is 1.00. The molecule has 2 nitrogen and oxygen atoms in total. The van der Waals surface area contributed by atoms with Crippen molar-refractivity contribution < 1.29 is 4.74 Å². The van der Waals surface area contributed by atoms with Crippen LogP contribution in [0.2, 0.25) is 0 Å². The van der Waals surface area contributed by atoms with Crippen molar-refractivity contribution in [2.24, 2.45) is 0 Å². The lowest BCUT2D eigenvalue weighted by molar-refractivity contribution is 0.0541. The molecule has 0 radical (unpaired) electrons. The summed E-state index contributed by atoms with van der Waals surface area (Å²) >= 11 is 0. The Kier molecular flexibility index (Phi) is 7.03. The molecule has 0 aromatic rings. The highest BCUT2D eigenvalue weighted by Gasteiger charge is 2.23. The number of unbranched alkanes of at least 4 members (excludes halogenated alkanes) is 3. The molecule has 1 fully saturated rings. The van der Waals surface area contributed by atoms with Crippen LogP contribution in [0, 0.1) is 0 Å². The van der Waals surface area contributed by atoms with Crippen LogP contribution in [0.1, 0.15) is 58.8 Å². The lowest BCUT2D eigenvalue weighted by atomic mass is 10.2. The molecule has 1 N–H and O–H groups in total. The van der Waals surface area contributed by atoms with E-state index in [0.29, 0.717) is 6.10 Å². The molecule has 15 heavy (non-hydrogen) atoms. The molecule has 0 heterocycles. The first-order chi connectivity index (χ1) is 7.36. The van der Waals surface area contributed by atoms with Crippen LogP contribution in [0.15, 0.2) is 0 Å². The Hall–Kier alpha value is -0.0800. The van der Waals surface area contributed by atoms with E-state index >= 15 is 0 Å². The second-order valence-electron chi connectivity index (χ2n) is 4.62. The van der Waals surface area contributed by atoms with Crippen LogP contribution in [0.4, 0.5) is 0 Å². The summed E-state index contributed by atoms with van der Waals surface area (Å²) in [6.07, 6.45) is 9.56. The molecular formula is C13H27NO. The summed E-state index contributed by atoms with van der Waals surface area (Å²) in [6.45, 7) is 6.50. The SMILES string of the molecule is CCCCCCOC1CCC(NCC)C1. The first kappa shape index (κ1) is 13.0. The van der Waals surface area contributed by atoms with Crippen molar-refractivity contribution in [2.45, 2.75) is 70.9 Å². The molecule has 0 aromatic carbocycles. The Bertz CT molecular complexity index is 149. The van der Waals surface area contributed by atoms with E-state index in [2.05, 4.69) is 19.2 Å². The van der Waals surface area contributed by atoms with E-state index < -0.39 is 0 Å². The molecular weight excluding hydrogens is 186 g/mol. The Morgan fingerprint density at radius 3 is 2.73 bits per heavy atom. The Morgan fingerprint density at radius 1 is 1.13 bits per heavy atom. The number of hydrogen-bond acceptors (Lipinski definition) is 2. The summed E-state index contributed by atoms with van der Waals surface area (Å²) in [5.41, 5.74) is 0. The van der Waals surface area contributed by atoms with Crippen molar-refractivity contribution in [3.05, 3.63) is 0 Å². The van der Waals surface area contributed by atoms with Crippen LogP contribution >= 0.6 is 0 Å². The minimum absolute atomic E-state index is 0.538. The molecule has 0 saturated heterocycles. The van der Waals surface area contributed by atoms with Gasteiger partial charge in [-0.2, -0.15) is 0 Å². The van der Waals surface area contributed by atoms with Crippen LogP contribution in [0.25, 0.3) is 0 Å². The zero-order valence-electron chi connectivity index (χ0n) is 10.4. The van der Waals surface area contributed by atoms with Gasteiger partial charge >= 0.3 is 0 Å². The van der Waals surface area contributed by atoms with E-state index in [1.54, 1.807) is 0 Å². The van der Waals surface area contributed by atoms with Crippen LogP contribution in [-0.2, 0) is 4.74 Å². The Labute approximate surface area is 94.8 Å². The van der Waals surface area contributed by atoms with Crippen molar-refractivity contribution in [2.75, 3.05) is 13.2 Å². The first-order valence-corrected chi connectivity index (χ1v) is 6.71. The largest absolute Gasteiger partial charge is 0.378 e. The zero-order chi connectivity index (χ0) is 10.9. The van der Waals surface area contributed by atoms with Crippen molar-refractivity contribution in [1.29, 1.82) is 0 Å². The predicted octanol–water partition coefficient (Wildman–Crippen LogP) is 3.11. The molecule has 0 aliphatic heterocycles.